The molecule has 12 rings (SSSR count). The summed E-state index contributed by atoms with van der Waals surface area (Å²) in [6, 6.07) is 67.6. The Labute approximate surface area is 423 Å². The van der Waals surface area contributed by atoms with E-state index in [1.165, 1.54) is 12.1 Å². The number of nitrogens with zero attached hydrogens (tertiary/aromatic N) is 7. The third-order valence-electron chi connectivity index (χ3n) is 13.8. The van der Waals surface area contributed by atoms with Crippen molar-refractivity contribution in [3.63, 3.8) is 0 Å². The maximum atomic E-state index is 15.4. The molecule has 0 N–H and O–H groups in total. The Morgan fingerprint density at radius 1 is 0.351 bits per heavy atom. The molecule has 0 aliphatic carbocycles. The molecule has 0 aliphatic heterocycles. The zero-order chi connectivity index (χ0) is 50.6. The van der Waals surface area contributed by atoms with Crippen molar-refractivity contribution in [2.75, 3.05) is 0 Å². The summed E-state index contributed by atoms with van der Waals surface area (Å²) in [5.74, 6) is -1.54. The highest BCUT2D eigenvalue weighted by Gasteiger charge is 2.25. The lowest BCUT2D eigenvalue weighted by Gasteiger charge is -2.19. The van der Waals surface area contributed by atoms with Gasteiger partial charge in [0.25, 0.3) is 0 Å². The molecule has 7 nitrogen and oxygen atoms in total. The normalized spacial score (nSPS) is 11.0. The second-order valence-electron chi connectivity index (χ2n) is 17.8. The first kappa shape index (κ1) is 44.3. The van der Waals surface area contributed by atoms with E-state index in [0.29, 0.717) is 61.5 Å². The molecule has 2 heterocycles. The highest BCUT2D eigenvalue weighted by molar-refractivity contribution is 6.14. The summed E-state index contributed by atoms with van der Waals surface area (Å²) in [5, 5.41) is 35.3. The first-order valence-electron chi connectivity index (χ1n) is 23.4. The van der Waals surface area contributed by atoms with E-state index in [0.717, 1.165) is 72.1 Å². The first-order valence-corrected chi connectivity index (χ1v) is 23.4. The summed E-state index contributed by atoms with van der Waals surface area (Å²) in [6.45, 7) is 15.9. The number of benzene rings is 10. The summed E-state index contributed by atoms with van der Waals surface area (Å²) in [7, 11) is 0. The minimum absolute atomic E-state index is 0.248. The van der Waals surface area contributed by atoms with Crippen LogP contribution in [0.4, 0.5) is 20.2 Å². The van der Waals surface area contributed by atoms with Gasteiger partial charge in [-0.15, -0.1) is 0 Å². The van der Waals surface area contributed by atoms with Crippen LogP contribution in [0.2, 0.25) is 0 Å². The highest BCUT2D eigenvalue weighted by atomic mass is 19.1. The molecule has 0 saturated carbocycles. The monoisotopic (exact) mass is 949 g/mol. The number of rotatable bonds is 7. The number of hydrogen-bond acceptors (Lipinski definition) is 3. The van der Waals surface area contributed by atoms with E-state index >= 15 is 8.78 Å². The van der Waals surface area contributed by atoms with E-state index in [4.69, 9.17) is 13.1 Å². The van der Waals surface area contributed by atoms with Crippen LogP contribution in [-0.2, 0) is 0 Å². The molecule has 0 unspecified atom stereocenters. The molecule has 9 heteroatoms. The van der Waals surface area contributed by atoms with Crippen molar-refractivity contribution >= 4 is 55.0 Å². The second-order valence-corrected chi connectivity index (χ2v) is 17.8. The molecule has 74 heavy (non-hydrogen) atoms. The molecule has 12 aromatic rings. The molecule has 10 aromatic carbocycles. The first-order chi connectivity index (χ1) is 36.3. The van der Waals surface area contributed by atoms with Crippen molar-refractivity contribution in [2.24, 2.45) is 0 Å². The predicted molar refractivity (Wildman–Crippen MR) is 289 cm³/mol. The van der Waals surface area contributed by atoms with Crippen molar-refractivity contribution in [2.45, 2.75) is 0 Å². The SMILES string of the molecule is [C-]#[N+]c1ccccc1-c1ccc2c(c1)c1cc(-c3ccccc3C#N)ccc1n2-c1cc(-c2cc(F)cc(F)c2)cc(-n2c3ccc(-c4ccccc4C#N)cc3c3cc(-c4ccccc4[N+]#[C-])ccc32)c1C#N. The molecule has 0 amide bonds. The zero-order valence-corrected chi connectivity index (χ0v) is 38.9. The van der Waals surface area contributed by atoms with Gasteiger partial charge in [0, 0.05) is 27.6 Å². The van der Waals surface area contributed by atoms with Crippen LogP contribution in [-0.4, -0.2) is 9.13 Å². The fraction of sp³-hybridized carbons (Fsp3) is 0. The highest BCUT2D eigenvalue weighted by Crippen LogP contribution is 2.45. The maximum absolute atomic E-state index is 15.4. The van der Waals surface area contributed by atoms with Gasteiger partial charge in [-0.1, -0.05) is 109 Å². The van der Waals surface area contributed by atoms with Gasteiger partial charge in [-0.05, 0) is 141 Å². The van der Waals surface area contributed by atoms with Gasteiger partial charge >= 0.3 is 0 Å². The smallest absolute Gasteiger partial charge is 0.194 e. The maximum Gasteiger partial charge on any atom is 0.194 e. The minimum Gasteiger partial charge on any atom is -0.308 e. The van der Waals surface area contributed by atoms with Crippen molar-refractivity contribution < 1.29 is 8.78 Å². The summed E-state index contributed by atoms with van der Waals surface area (Å²) in [6.07, 6.45) is 0. The van der Waals surface area contributed by atoms with Gasteiger partial charge < -0.3 is 9.13 Å². The lowest BCUT2D eigenvalue weighted by atomic mass is 9.97. The second kappa shape index (κ2) is 17.8. The molecular weight excluding hydrogens is 917 g/mol. The molecule has 0 fully saturated rings. The Morgan fingerprint density at radius 2 is 0.689 bits per heavy atom. The molecule has 342 valence electrons. The van der Waals surface area contributed by atoms with E-state index in [-0.39, 0.29) is 11.1 Å². The minimum atomic E-state index is -0.768. The largest absolute Gasteiger partial charge is 0.308 e. The molecule has 0 bridgehead atoms. The zero-order valence-electron chi connectivity index (χ0n) is 38.9. The summed E-state index contributed by atoms with van der Waals surface area (Å²) in [4.78, 5) is 7.64. The van der Waals surface area contributed by atoms with Crippen LogP contribution in [0.1, 0.15) is 16.7 Å². The van der Waals surface area contributed by atoms with Crippen LogP contribution in [0.3, 0.4) is 0 Å². The Kier molecular flexibility index (Phi) is 10.7. The van der Waals surface area contributed by atoms with Crippen LogP contribution in [0.25, 0.3) is 120 Å². The van der Waals surface area contributed by atoms with Gasteiger partial charge in [-0.2, -0.15) is 15.8 Å². The summed E-state index contributed by atoms with van der Waals surface area (Å²) >= 11 is 0. The van der Waals surface area contributed by atoms with Gasteiger partial charge in [-0.3, -0.25) is 0 Å². The Balaban J connectivity index is 1.20. The Hall–Kier alpha value is -10.9. The van der Waals surface area contributed by atoms with Gasteiger partial charge in [0.1, 0.15) is 23.3 Å². The lowest BCUT2D eigenvalue weighted by Crippen LogP contribution is -2.05. The van der Waals surface area contributed by atoms with E-state index in [1.807, 2.05) is 155 Å². The Bertz CT molecular complexity index is 4090. The van der Waals surface area contributed by atoms with E-state index in [2.05, 4.69) is 27.9 Å². The average molecular weight is 950 g/mol. The number of para-hydroxylation sites is 2. The number of hydrogen-bond donors (Lipinski definition) is 0. The van der Waals surface area contributed by atoms with Crippen molar-refractivity contribution in [3.05, 3.63) is 251 Å². The lowest BCUT2D eigenvalue weighted by molar-refractivity contribution is 0.584. The molecule has 0 aliphatic rings. The van der Waals surface area contributed by atoms with Crippen molar-refractivity contribution in [3.8, 4) is 85.2 Å². The van der Waals surface area contributed by atoms with Gasteiger partial charge in [-0.25, -0.2) is 18.5 Å². The number of fused-ring (bicyclic) bond motifs is 6. The van der Waals surface area contributed by atoms with Crippen molar-refractivity contribution in [1.82, 2.24) is 9.13 Å². The van der Waals surface area contributed by atoms with E-state index < -0.39 is 11.6 Å². The molecule has 0 radical (unpaired) electrons. The summed E-state index contributed by atoms with van der Waals surface area (Å²) in [5.41, 5.74) is 12.8. The van der Waals surface area contributed by atoms with Gasteiger partial charge in [0.2, 0.25) is 0 Å². The summed E-state index contributed by atoms with van der Waals surface area (Å²) < 4.78 is 34.8. The van der Waals surface area contributed by atoms with Crippen LogP contribution >= 0.6 is 0 Å². The van der Waals surface area contributed by atoms with E-state index in [1.54, 1.807) is 36.4 Å². The number of aromatic nitrogens is 2. The van der Waals surface area contributed by atoms with E-state index in [9.17, 15) is 15.8 Å². The molecular formula is C65H33F2N7. The average Bonchev–Trinajstić information content (AvgIpc) is 3.95. The standard InChI is InChI=1S/C65H33F2N7/c1-71-58-17-9-7-15-51(58)41-21-25-62-55(31-41)53-29-39(49-13-5-3-11-43(49)36-68)19-23-60(53)73(62)64-33-46(45-27-47(66)35-48(67)28-45)34-65(57(64)38-70)74-61-24-20-40(50-14-6-4-12-44(50)37-69)30-54(61)56-32-42(22-26-63(56)74)52-16-8-10-18-59(52)72-2/h3-35H. The number of halogens is 2. The van der Waals surface area contributed by atoms with Gasteiger partial charge in [0.15, 0.2) is 11.4 Å². The van der Waals surface area contributed by atoms with Crippen LogP contribution < -0.4 is 0 Å². The fourth-order valence-electron chi connectivity index (χ4n) is 10.5. The van der Waals surface area contributed by atoms with Crippen molar-refractivity contribution in [1.29, 1.82) is 15.8 Å². The molecule has 0 atom stereocenters. The topological polar surface area (TPSA) is 89.9 Å². The van der Waals surface area contributed by atoms with Crippen LogP contribution in [0.5, 0.6) is 0 Å². The molecule has 0 spiro atoms. The predicted octanol–water partition coefficient (Wildman–Crippen LogP) is 17.2. The number of nitriles is 3. The fourth-order valence-corrected chi connectivity index (χ4v) is 10.5. The Morgan fingerprint density at radius 3 is 1.05 bits per heavy atom. The third-order valence-corrected chi connectivity index (χ3v) is 13.8. The quantitative estimate of drug-likeness (QED) is 0.149. The van der Waals surface area contributed by atoms with Crippen LogP contribution in [0, 0.1) is 58.8 Å². The third kappa shape index (κ3) is 7.20. The van der Waals surface area contributed by atoms with Crippen LogP contribution in [0.15, 0.2) is 200 Å². The molecule has 0 saturated heterocycles. The van der Waals surface area contributed by atoms with Gasteiger partial charge in [0.05, 0.1) is 69.9 Å². The molecule has 2 aromatic heterocycles.